The van der Waals surface area contributed by atoms with Gasteiger partial charge in [-0.2, -0.15) is 0 Å². The smallest absolute Gasteiger partial charge is 0.303 e. The first-order chi connectivity index (χ1) is 12.1. The monoisotopic (exact) mass is 343 g/mol. The van der Waals surface area contributed by atoms with E-state index >= 15 is 0 Å². The van der Waals surface area contributed by atoms with Crippen molar-refractivity contribution in [2.24, 2.45) is 0 Å². The summed E-state index contributed by atoms with van der Waals surface area (Å²) in [5, 5.41) is 19.9. The predicted molar refractivity (Wildman–Crippen MR) is 89.1 cm³/mol. The molecule has 1 unspecified atom stereocenters. The molecule has 8 heteroatoms. The molecule has 8 nitrogen and oxygen atoms in total. The van der Waals surface area contributed by atoms with Crippen LogP contribution in [0.4, 0.5) is 0 Å². The molecule has 132 valence electrons. The number of piperidine rings is 1. The maximum absolute atomic E-state index is 12.7. The summed E-state index contributed by atoms with van der Waals surface area (Å²) in [4.78, 5) is 25.4. The third-order valence-electron chi connectivity index (χ3n) is 4.54. The molecule has 1 amide bonds. The number of rotatable bonds is 6. The van der Waals surface area contributed by atoms with Gasteiger partial charge in [0.25, 0.3) is 0 Å². The van der Waals surface area contributed by atoms with Crippen molar-refractivity contribution in [3.8, 4) is 5.69 Å². The van der Waals surface area contributed by atoms with E-state index in [4.69, 9.17) is 5.11 Å². The number of tetrazole rings is 1. The van der Waals surface area contributed by atoms with Crippen LogP contribution < -0.4 is 0 Å². The highest BCUT2D eigenvalue weighted by Crippen LogP contribution is 2.22. The highest BCUT2D eigenvalue weighted by Gasteiger charge is 2.26. The van der Waals surface area contributed by atoms with Crippen LogP contribution in [0.25, 0.3) is 5.69 Å². The van der Waals surface area contributed by atoms with Crippen molar-refractivity contribution in [3.63, 3.8) is 0 Å². The molecule has 0 radical (unpaired) electrons. The van der Waals surface area contributed by atoms with E-state index in [1.165, 1.54) is 6.33 Å². The Labute approximate surface area is 145 Å². The molecule has 3 rings (SSSR count). The van der Waals surface area contributed by atoms with Gasteiger partial charge in [-0.05, 0) is 53.8 Å². The maximum atomic E-state index is 12.7. The molecule has 1 fully saturated rings. The fourth-order valence-corrected chi connectivity index (χ4v) is 3.24. The molecule has 25 heavy (non-hydrogen) atoms. The zero-order valence-electron chi connectivity index (χ0n) is 13.9. The zero-order valence-corrected chi connectivity index (χ0v) is 13.9. The Balaban J connectivity index is 1.62. The van der Waals surface area contributed by atoms with Crippen LogP contribution in [-0.4, -0.2) is 54.7 Å². The van der Waals surface area contributed by atoms with Gasteiger partial charge in [0.05, 0.1) is 12.1 Å². The number of hydrogen-bond donors (Lipinski definition) is 1. The fourth-order valence-electron chi connectivity index (χ4n) is 3.24. The quantitative estimate of drug-likeness (QED) is 0.852. The number of carboxylic acids is 1. The average molecular weight is 343 g/mol. The number of likely N-dealkylation sites (tertiary alicyclic amines) is 1. The Hall–Kier alpha value is -2.77. The second kappa shape index (κ2) is 7.87. The van der Waals surface area contributed by atoms with Crippen LogP contribution in [0.1, 0.15) is 37.7 Å². The largest absolute Gasteiger partial charge is 0.481 e. The van der Waals surface area contributed by atoms with E-state index in [0.29, 0.717) is 19.4 Å². The molecule has 1 aromatic heterocycles. The lowest BCUT2D eigenvalue weighted by atomic mass is 9.97. The van der Waals surface area contributed by atoms with Gasteiger partial charge in [0.2, 0.25) is 5.91 Å². The number of carbonyl (C=O) groups is 2. The molecule has 1 saturated heterocycles. The van der Waals surface area contributed by atoms with Crippen LogP contribution in [0, 0.1) is 0 Å². The molecule has 0 bridgehead atoms. The lowest BCUT2D eigenvalue weighted by Crippen LogP contribution is -2.44. The van der Waals surface area contributed by atoms with E-state index in [2.05, 4.69) is 15.5 Å². The first-order valence-electron chi connectivity index (χ1n) is 8.47. The maximum Gasteiger partial charge on any atom is 0.303 e. The first-order valence-corrected chi connectivity index (χ1v) is 8.47. The van der Waals surface area contributed by atoms with Crippen LogP contribution in [-0.2, 0) is 16.0 Å². The Morgan fingerprint density at radius 2 is 2.00 bits per heavy atom. The van der Waals surface area contributed by atoms with Crippen molar-refractivity contribution < 1.29 is 14.7 Å². The lowest BCUT2D eigenvalue weighted by molar-refractivity contribution is -0.139. The summed E-state index contributed by atoms with van der Waals surface area (Å²) < 4.78 is 1.55. The fraction of sp³-hybridized carbons (Fsp3) is 0.471. The summed E-state index contributed by atoms with van der Waals surface area (Å²) in [5.74, 6) is -0.749. The van der Waals surface area contributed by atoms with Gasteiger partial charge in [0, 0.05) is 19.0 Å². The molecule has 0 saturated carbocycles. The van der Waals surface area contributed by atoms with Crippen LogP contribution >= 0.6 is 0 Å². The number of amides is 1. The summed E-state index contributed by atoms with van der Waals surface area (Å²) >= 11 is 0. The van der Waals surface area contributed by atoms with Crippen LogP contribution in [0.15, 0.2) is 30.6 Å². The van der Waals surface area contributed by atoms with Crippen molar-refractivity contribution in [2.45, 2.75) is 44.6 Å². The highest BCUT2D eigenvalue weighted by atomic mass is 16.4. The molecule has 0 aliphatic carbocycles. The van der Waals surface area contributed by atoms with Gasteiger partial charge in [0.15, 0.2) is 0 Å². The number of aromatic nitrogens is 4. The Bertz CT molecular complexity index is 714. The van der Waals surface area contributed by atoms with Crippen molar-refractivity contribution >= 4 is 11.9 Å². The molecular weight excluding hydrogens is 322 g/mol. The summed E-state index contributed by atoms with van der Waals surface area (Å²) in [7, 11) is 0. The van der Waals surface area contributed by atoms with Gasteiger partial charge in [-0.25, -0.2) is 4.68 Å². The van der Waals surface area contributed by atoms with E-state index < -0.39 is 5.97 Å². The summed E-state index contributed by atoms with van der Waals surface area (Å²) in [5.41, 5.74) is 1.75. The van der Waals surface area contributed by atoms with E-state index in [9.17, 15) is 9.59 Å². The van der Waals surface area contributed by atoms with E-state index in [1.807, 2.05) is 29.2 Å². The molecular formula is C17H21N5O3. The normalized spacial score (nSPS) is 17.4. The number of hydrogen-bond acceptors (Lipinski definition) is 5. The predicted octanol–water partition coefficient (Wildman–Crippen LogP) is 1.45. The second-order valence-corrected chi connectivity index (χ2v) is 6.27. The number of carbonyl (C=O) groups excluding carboxylic acids is 1. The Morgan fingerprint density at radius 1 is 1.20 bits per heavy atom. The second-order valence-electron chi connectivity index (χ2n) is 6.27. The van der Waals surface area contributed by atoms with Gasteiger partial charge in [0.1, 0.15) is 6.33 Å². The van der Waals surface area contributed by atoms with E-state index in [1.54, 1.807) is 4.68 Å². The standard InChI is InChI=1S/C17H21N5O3/c23-16(21-10-2-1-3-14(21)8-9-17(24)25)11-13-4-6-15(7-5-13)22-12-18-19-20-22/h4-7,12,14H,1-3,8-11H2,(H,24,25). The van der Waals surface area contributed by atoms with Gasteiger partial charge < -0.3 is 10.0 Å². The third-order valence-corrected chi connectivity index (χ3v) is 4.54. The Morgan fingerprint density at radius 3 is 2.68 bits per heavy atom. The van der Waals surface area contributed by atoms with Gasteiger partial charge >= 0.3 is 5.97 Å². The van der Waals surface area contributed by atoms with Crippen molar-refractivity contribution in [3.05, 3.63) is 36.2 Å². The van der Waals surface area contributed by atoms with Gasteiger partial charge in [-0.1, -0.05) is 12.1 Å². The van der Waals surface area contributed by atoms with Gasteiger partial charge in [-0.3, -0.25) is 9.59 Å². The third kappa shape index (κ3) is 4.40. The van der Waals surface area contributed by atoms with Crippen molar-refractivity contribution in [2.75, 3.05) is 6.54 Å². The molecule has 1 aliphatic heterocycles. The van der Waals surface area contributed by atoms with Crippen LogP contribution in [0.5, 0.6) is 0 Å². The minimum Gasteiger partial charge on any atom is -0.481 e. The molecule has 2 aromatic rings. The molecule has 1 aliphatic rings. The molecule has 1 aromatic carbocycles. The lowest BCUT2D eigenvalue weighted by Gasteiger charge is -2.35. The van der Waals surface area contributed by atoms with E-state index in [0.717, 1.165) is 30.5 Å². The van der Waals surface area contributed by atoms with Crippen LogP contribution in [0.3, 0.4) is 0 Å². The Kier molecular flexibility index (Phi) is 5.37. The average Bonchev–Trinajstić information content (AvgIpc) is 3.15. The topological polar surface area (TPSA) is 101 Å². The molecule has 1 atom stereocenters. The molecule has 2 heterocycles. The minimum atomic E-state index is -0.809. The van der Waals surface area contributed by atoms with Crippen LogP contribution in [0.2, 0.25) is 0 Å². The summed E-state index contributed by atoms with van der Waals surface area (Å²) in [6, 6.07) is 7.57. The highest BCUT2D eigenvalue weighted by molar-refractivity contribution is 5.79. The minimum absolute atomic E-state index is 0.0397. The number of aliphatic carboxylic acids is 1. The number of benzene rings is 1. The molecule has 0 spiro atoms. The molecule has 1 N–H and O–H groups in total. The summed E-state index contributed by atoms with van der Waals surface area (Å²) in [6.07, 6.45) is 5.38. The first kappa shape index (κ1) is 17.1. The number of carboxylic acid groups (broad SMARTS) is 1. The van der Waals surface area contributed by atoms with Crippen molar-refractivity contribution in [1.29, 1.82) is 0 Å². The van der Waals surface area contributed by atoms with E-state index in [-0.39, 0.29) is 18.4 Å². The summed E-state index contributed by atoms with van der Waals surface area (Å²) in [6.45, 7) is 0.714. The zero-order chi connectivity index (χ0) is 17.6. The van der Waals surface area contributed by atoms with Gasteiger partial charge in [-0.15, -0.1) is 5.10 Å². The SMILES string of the molecule is O=C(O)CCC1CCCCN1C(=O)Cc1ccc(-n2cnnn2)cc1. The van der Waals surface area contributed by atoms with Crippen molar-refractivity contribution in [1.82, 2.24) is 25.1 Å². The number of nitrogens with zero attached hydrogens (tertiary/aromatic N) is 5.